The van der Waals surface area contributed by atoms with Gasteiger partial charge in [0.15, 0.2) is 5.41 Å². The number of carbonyl (C=O) groups is 1. The zero-order valence-electron chi connectivity index (χ0n) is 13.6. The highest BCUT2D eigenvalue weighted by Gasteiger charge is 2.82. The highest BCUT2D eigenvalue weighted by Crippen LogP contribution is 2.69. The smallest absolute Gasteiger partial charge is 0.246 e. The van der Waals surface area contributed by atoms with Crippen molar-refractivity contribution in [2.75, 3.05) is 0 Å². The fourth-order valence-electron chi connectivity index (χ4n) is 4.01. The molecule has 2 aliphatic heterocycles. The summed E-state index contributed by atoms with van der Waals surface area (Å²) in [4.78, 5) is 12.8. The Morgan fingerprint density at radius 3 is 2.12 bits per heavy atom. The zero-order valence-corrected chi connectivity index (χ0v) is 13.6. The van der Waals surface area contributed by atoms with Crippen LogP contribution in [0.15, 0.2) is 30.3 Å². The Hall–Kier alpha value is -2.88. The Labute approximate surface area is 140 Å². The average Bonchev–Trinajstić information content (AvgIpc) is 2.67. The van der Waals surface area contributed by atoms with Crippen LogP contribution in [0.4, 0.5) is 0 Å². The van der Waals surface area contributed by atoms with Gasteiger partial charge in [0.05, 0.1) is 18.2 Å². The Morgan fingerprint density at radius 1 is 1.04 bits per heavy atom. The second-order valence-corrected chi connectivity index (χ2v) is 6.91. The fraction of sp³-hybridized carbons (Fsp3) is 0.444. The first-order chi connectivity index (χ1) is 11.3. The molecule has 2 bridgehead atoms. The first-order valence-electron chi connectivity index (χ1n) is 7.55. The summed E-state index contributed by atoms with van der Waals surface area (Å²) in [5, 5.41) is 32.6. The molecule has 1 N–H and O–H groups in total. The van der Waals surface area contributed by atoms with Gasteiger partial charge < -0.3 is 10.1 Å². The van der Waals surface area contributed by atoms with Crippen molar-refractivity contribution in [1.29, 1.82) is 15.8 Å². The Kier molecular flexibility index (Phi) is 3.05. The van der Waals surface area contributed by atoms with Crippen molar-refractivity contribution in [2.45, 2.75) is 32.6 Å². The molecule has 120 valence electrons. The van der Waals surface area contributed by atoms with Crippen molar-refractivity contribution in [3.05, 3.63) is 35.9 Å². The first kappa shape index (κ1) is 16.0. The van der Waals surface area contributed by atoms with E-state index < -0.39 is 34.0 Å². The molecule has 1 aromatic carbocycles. The van der Waals surface area contributed by atoms with Crippen molar-refractivity contribution in [1.82, 2.24) is 5.32 Å². The van der Waals surface area contributed by atoms with Crippen molar-refractivity contribution in [3.63, 3.8) is 0 Å². The third-order valence-electron chi connectivity index (χ3n) is 5.78. The molecule has 1 aromatic rings. The maximum absolute atomic E-state index is 12.8. The average molecular weight is 320 g/mol. The van der Waals surface area contributed by atoms with Crippen molar-refractivity contribution < 1.29 is 9.53 Å². The van der Waals surface area contributed by atoms with Gasteiger partial charge in [0.25, 0.3) is 0 Å². The SMILES string of the molecule is CC1(C)[C@@]2(C#N)C(=O)N[C@@]1(C)O[C@@H](c1ccccc1)C2(C#N)C#N. The van der Waals surface area contributed by atoms with Gasteiger partial charge in [-0.3, -0.25) is 4.79 Å². The lowest BCUT2D eigenvalue weighted by atomic mass is 9.48. The number of amides is 1. The molecule has 24 heavy (non-hydrogen) atoms. The van der Waals surface area contributed by atoms with Crippen LogP contribution in [0, 0.1) is 50.2 Å². The number of hydrogen-bond donors (Lipinski definition) is 1. The zero-order chi connectivity index (χ0) is 17.8. The molecule has 0 aromatic heterocycles. The molecule has 0 aliphatic carbocycles. The van der Waals surface area contributed by atoms with Crippen molar-refractivity contribution in [2.24, 2.45) is 16.2 Å². The fourth-order valence-corrected chi connectivity index (χ4v) is 4.01. The van der Waals surface area contributed by atoms with Crippen LogP contribution >= 0.6 is 0 Å². The second-order valence-electron chi connectivity index (χ2n) is 6.91. The van der Waals surface area contributed by atoms with Crippen molar-refractivity contribution in [3.8, 4) is 18.2 Å². The predicted octanol–water partition coefficient (Wildman–Crippen LogP) is 2.17. The molecule has 3 rings (SSSR count). The summed E-state index contributed by atoms with van der Waals surface area (Å²) in [7, 11) is 0. The van der Waals surface area contributed by atoms with Crippen LogP contribution < -0.4 is 5.32 Å². The van der Waals surface area contributed by atoms with E-state index in [4.69, 9.17) is 4.74 Å². The second kappa shape index (κ2) is 4.57. The molecule has 2 heterocycles. The predicted molar refractivity (Wildman–Crippen MR) is 82.3 cm³/mol. The van der Waals surface area contributed by atoms with E-state index in [9.17, 15) is 20.6 Å². The van der Waals surface area contributed by atoms with Crippen LogP contribution in [0.5, 0.6) is 0 Å². The summed E-state index contributed by atoms with van der Waals surface area (Å²) < 4.78 is 6.13. The van der Waals surface area contributed by atoms with E-state index in [0.717, 1.165) is 0 Å². The van der Waals surface area contributed by atoms with E-state index in [1.165, 1.54) is 0 Å². The molecule has 1 amide bonds. The van der Waals surface area contributed by atoms with Crippen LogP contribution in [0.25, 0.3) is 0 Å². The van der Waals surface area contributed by atoms with Gasteiger partial charge in [-0.25, -0.2) is 0 Å². The minimum absolute atomic E-state index is 0.582. The molecule has 0 spiro atoms. The molecule has 6 nitrogen and oxygen atoms in total. The molecule has 0 saturated carbocycles. The maximum Gasteiger partial charge on any atom is 0.246 e. The molecule has 3 atom stereocenters. The maximum atomic E-state index is 12.8. The summed E-state index contributed by atoms with van der Waals surface area (Å²) in [6.07, 6.45) is -1.02. The topological polar surface area (TPSA) is 110 Å². The van der Waals surface area contributed by atoms with E-state index in [1.807, 2.05) is 18.2 Å². The minimum atomic E-state index is -1.97. The highest BCUT2D eigenvalue weighted by atomic mass is 16.5. The number of nitrogens with one attached hydrogen (secondary N) is 1. The number of ether oxygens (including phenoxy) is 1. The molecule has 2 aliphatic rings. The number of hydrogen-bond acceptors (Lipinski definition) is 5. The number of rotatable bonds is 1. The minimum Gasteiger partial charge on any atom is -0.345 e. The quantitative estimate of drug-likeness (QED) is 0.852. The van der Waals surface area contributed by atoms with Gasteiger partial charge in [0.2, 0.25) is 11.3 Å². The normalized spacial score (nSPS) is 35.2. The van der Waals surface area contributed by atoms with Gasteiger partial charge in [-0.15, -0.1) is 0 Å². The lowest BCUT2D eigenvalue weighted by Gasteiger charge is -2.54. The van der Waals surface area contributed by atoms with E-state index >= 15 is 0 Å². The summed E-state index contributed by atoms with van der Waals surface area (Å²) in [6, 6.07) is 14.7. The summed E-state index contributed by atoms with van der Waals surface area (Å²) >= 11 is 0. The van der Waals surface area contributed by atoms with E-state index in [2.05, 4.69) is 5.32 Å². The monoisotopic (exact) mass is 320 g/mol. The van der Waals surface area contributed by atoms with Crippen LogP contribution in [-0.4, -0.2) is 11.6 Å². The van der Waals surface area contributed by atoms with Gasteiger partial charge in [0.1, 0.15) is 11.8 Å². The van der Waals surface area contributed by atoms with Crippen LogP contribution in [0.2, 0.25) is 0 Å². The van der Waals surface area contributed by atoms with Crippen LogP contribution in [0.3, 0.4) is 0 Å². The first-order valence-corrected chi connectivity index (χ1v) is 7.55. The molecule has 2 fully saturated rings. The van der Waals surface area contributed by atoms with Gasteiger partial charge in [-0.1, -0.05) is 44.2 Å². The number of nitrogens with zero attached hydrogens (tertiary/aromatic N) is 3. The lowest BCUT2D eigenvalue weighted by molar-refractivity contribution is -0.240. The molecule has 2 saturated heterocycles. The van der Waals surface area contributed by atoms with Gasteiger partial charge >= 0.3 is 0 Å². The third kappa shape index (κ3) is 1.39. The molecule has 0 unspecified atom stereocenters. The number of fused-ring (bicyclic) bond motifs is 2. The van der Waals surface area contributed by atoms with Gasteiger partial charge in [0, 0.05) is 5.41 Å². The number of carbonyl (C=O) groups excluding carboxylic acids is 1. The number of benzene rings is 1. The summed E-state index contributed by atoms with van der Waals surface area (Å²) in [6.45, 7) is 5.04. The summed E-state index contributed by atoms with van der Waals surface area (Å²) in [5.41, 5.74) is -5.48. The van der Waals surface area contributed by atoms with E-state index in [1.54, 1.807) is 51.1 Å². The van der Waals surface area contributed by atoms with Crippen LogP contribution in [0.1, 0.15) is 32.4 Å². The largest absolute Gasteiger partial charge is 0.345 e. The van der Waals surface area contributed by atoms with E-state index in [-0.39, 0.29) is 0 Å². The lowest BCUT2D eigenvalue weighted by Crippen LogP contribution is -2.64. The number of nitriles is 3. The standard InChI is InChI=1S/C18H16N4O2/c1-15(2)16(3)22-14(23)18(15,11-21)17(9-19,10-20)13(24-16)12-7-5-4-6-8-12/h4-8,13H,1-3H3,(H,22,23)/t13-,16-,18+/m0/s1. The van der Waals surface area contributed by atoms with E-state index in [0.29, 0.717) is 5.56 Å². The van der Waals surface area contributed by atoms with Gasteiger partial charge in [-0.2, -0.15) is 15.8 Å². The Bertz CT molecular complexity index is 829. The van der Waals surface area contributed by atoms with Crippen LogP contribution in [-0.2, 0) is 9.53 Å². The Morgan fingerprint density at radius 2 is 1.62 bits per heavy atom. The molecular formula is C18H16N4O2. The third-order valence-corrected chi connectivity index (χ3v) is 5.78. The molecule has 0 radical (unpaired) electrons. The van der Waals surface area contributed by atoms with Gasteiger partial charge in [-0.05, 0) is 12.5 Å². The molecule has 6 heteroatoms. The summed E-state index contributed by atoms with van der Waals surface area (Å²) in [5.74, 6) is -0.640. The Balaban J connectivity index is 2.39. The molecular weight excluding hydrogens is 304 g/mol. The highest BCUT2D eigenvalue weighted by molar-refractivity contribution is 5.93. The van der Waals surface area contributed by atoms with Crippen molar-refractivity contribution >= 4 is 5.91 Å².